The molecule has 0 bridgehead atoms. The molecule has 1 rings (SSSR count). The van der Waals surface area contributed by atoms with E-state index in [1.54, 1.807) is 10.9 Å². The van der Waals surface area contributed by atoms with Crippen molar-refractivity contribution in [3.63, 3.8) is 0 Å². The van der Waals surface area contributed by atoms with Crippen molar-refractivity contribution in [3.8, 4) is 0 Å². The lowest BCUT2D eigenvalue weighted by atomic mass is 10.1. The van der Waals surface area contributed by atoms with Gasteiger partial charge in [-0.05, 0) is 26.8 Å². The van der Waals surface area contributed by atoms with Crippen LogP contribution in [0.3, 0.4) is 0 Å². The molecule has 0 aliphatic heterocycles. The van der Waals surface area contributed by atoms with Gasteiger partial charge in [-0.1, -0.05) is 0 Å². The van der Waals surface area contributed by atoms with Gasteiger partial charge in [0, 0.05) is 16.9 Å². The summed E-state index contributed by atoms with van der Waals surface area (Å²) in [4.78, 5) is 0. The van der Waals surface area contributed by atoms with Crippen LogP contribution in [0, 0.1) is 0 Å². The molecule has 0 fully saturated rings. The van der Waals surface area contributed by atoms with E-state index < -0.39 is 9.05 Å². The summed E-state index contributed by atoms with van der Waals surface area (Å²) in [6.45, 7) is 5.76. The first-order valence-corrected chi connectivity index (χ1v) is 6.03. The molecule has 0 amide bonds. The van der Waals surface area contributed by atoms with Gasteiger partial charge in [0.05, 0.1) is 5.54 Å². The largest absolute Gasteiger partial charge is 0.280 e. The van der Waals surface area contributed by atoms with Gasteiger partial charge < -0.3 is 0 Å². The molecule has 0 spiro atoms. The fourth-order valence-electron chi connectivity index (χ4n) is 0.811. The molecule has 0 aliphatic rings. The van der Waals surface area contributed by atoms with Crippen LogP contribution in [0.15, 0.2) is 17.3 Å². The summed E-state index contributed by atoms with van der Waals surface area (Å²) >= 11 is 0. The quantitative estimate of drug-likeness (QED) is 0.678. The Balaban J connectivity index is 3.16. The zero-order valence-electron chi connectivity index (χ0n) is 7.65. The smallest absolute Gasteiger partial charge is 0.266 e. The van der Waals surface area contributed by atoms with Gasteiger partial charge in [0.1, 0.15) is 0 Å². The summed E-state index contributed by atoms with van der Waals surface area (Å²) in [6, 6.07) is 1.38. The summed E-state index contributed by atoms with van der Waals surface area (Å²) in [7, 11) is 1.42. The third-order valence-electron chi connectivity index (χ3n) is 1.50. The second-order valence-electron chi connectivity index (χ2n) is 3.71. The average Bonchev–Trinajstić information content (AvgIpc) is 2.28. The highest BCUT2D eigenvalue weighted by Crippen LogP contribution is 2.17. The van der Waals surface area contributed by atoms with Crippen LogP contribution in [-0.2, 0) is 14.6 Å². The number of halogens is 1. The third-order valence-corrected chi connectivity index (χ3v) is 2.69. The van der Waals surface area contributed by atoms with E-state index >= 15 is 0 Å². The molecule has 1 aromatic heterocycles. The fraction of sp³-hybridized carbons (Fsp3) is 0.571. The zero-order valence-corrected chi connectivity index (χ0v) is 9.22. The Labute approximate surface area is 81.9 Å². The minimum atomic E-state index is -3.70. The van der Waals surface area contributed by atoms with Crippen molar-refractivity contribution < 1.29 is 8.42 Å². The van der Waals surface area contributed by atoms with Crippen LogP contribution >= 0.6 is 10.7 Å². The standard InChI is InChI=1S/C7H11ClN2O2S/c1-7(2,3)10-5-4-6(9-10)13(8,11)12/h4-5H,1-3H3. The van der Waals surface area contributed by atoms with Crippen molar-refractivity contribution in [2.24, 2.45) is 0 Å². The maximum Gasteiger partial charge on any atom is 0.280 e. The van der Waals surface area contributed by atoms with E-state index in [4.69, 9.17) is 10.7 Å². The molecular formula is C7H11ClN2O2S. The SMILES string of the molecule is CC(C)(C)n1ccc(S(=O)(=O)Cl)n1. The zero-order chi connectivity index (χ0) is 10.3. The Hall–Kier alpha value is -0.550. The maximum absolute atomic E-state index is 10.9. The van der Waals surface area contributed by atoms with Crippen LogP contribution in [-0.4, -0.2) is 18.2 Å². The second-order valence-corrected chi connectivity index (χ2v) is 6.22. The number of rotatable bonds is 1. The second kappa shape index (κ2) is 2.99. The molecule has 1 heterocycles. The van der Waals surface area contributed by atoms with Crippen LogP contribution in [0.5, 0.6) is 0 Å². The molecule has 0 saturated heterocycles. The topological polar surface area (TPSA) is 52.0 Å². The van der Waals surface area contributed by atoms with Gasteiger partial charge in [0.2, 0.25) is 0 Å². The van der Waals surface area contributed by atoms with Gasteiger partial charge in [0.15, 0.2) is 5.03 Å². The molecule has 4 nitrogen and oxygen atoms in total. The van der Waals surface area contributed by atoms with E-state index in [0.29, 0.717) is 0 Å². The molecule has 0 radical (unpaired) electrons. The Morgan fingerprint density at radius 2 is 2.00 bits per heavy atom. The number of hydrogen-bond donors (Lipinski definition) is 0. The lowest BCUT2D eigenvalue weighted by Crippen LogP contribution is -2.22. The van der Waals surface area contributed by atoms with Gasteiger partial charge in [-0.2, -0.15) is 5.10 Å². The van der Waals surface area contributed by atoms with Crippen LogP contribution in [0.1, 0.15) is 20.8 Å². The van der Waals surface area contributed by atoms with Crippen molar-refractivity contribution in [2.75, 3.05) is 0 Å². The first kappa shape index (κ1) is 10.5. The maximum atomic E-state index is 10.9. The van der Waals surface area contributed by atoms with Crippen LogP contribution in [0.4, 0.5) is 0 Å². The number of aromatic nitrogens is 2. The third kappa shape index (κ3) is 2.45. The monoisotopic (exact) mass is 222 g/mol. The lowest BCUT2D eigenvalue weighted by Gasteiger charge is -2.18. The van der Waals surface area contributed by atoms with Gasteiger partial charge >= 0.3 is 0 Å². The lowest BCUT2D eigenvalue weighted by molar-refractivity contribution is 0.350. The van der Waals surface area contributed by atoms with Crippen LogP contribution in [0.25, 0.3) is 0 Å². The fourth-order valence-corrected chi connectivity index (χ4v) is 1.47. The van der Waals surface area contributed by atoms with E-state index in [-0.39, 0.29) is 10.6 Å². The van der Waals surface area contributed by atoms with Gasteiger partial charge in [-0.15, -0.1) is 0 Å². The highest BCUT2D eigenvalue weighted by atomic mass is 35.7. The summed E-state index contributed by atoms with van der Waals surface area (Å²) < 4.78 is 23.3. The van der Waals surface area contributed by atoms with E-state index in [2.05, 4.69) is 5.10 Å². The first-order chi connectivity index (χ1) is 5.71. The predicted molar refractivity (Wildman–Crippen MR) is 50.3 cm³/mol. The van der Waals surface area contributed by atoms with Crippen molar-refractivity contribution >= 4 is 19.7 Å². The predicted octanol–water partition coefficient (Wildman–Crippen LogP) is 1.57. The van der Waals surface area contributed by atoms with E-state index in [1.807, 2.05) is 20.8 Å². The molecule has 74 valence electrons. The molecule has 0 aromatic carbocycles. The summed E-state index contributed by atoms with van der Waals surface area (Å²) in [6.07, 6.45) is 1.59. The minimum absolute atomic E-state index is 0.107. The Kier molecular flexibility index (Phi) is 2.42. The van der Waals surface area contributed by atoms with Crippen molar-refractivity contribution in [2.45, 2.75) is 31.3 Å². The highest BCUT2D eigenvalue weighted by molar-refractivity contribution is 8.13. The van der Waals surface area contributed by atoms with Crippen LogP contribution < -0.4 is 0 Å². The normalized spacial score (nSPS) is 13.2. The van der Waals surface area contributed by atoms with Gasteiger partial charge in [-0.3, -0.25) is 4.68 Å². The molecule has 13 heavy (non-hydrogen) atoms. The highest BCUT2D eigenvalue weighted by Gasteiger charge is 2.18. The van der Waals surface area contributed by atoms with Crippen LogP contribution in [0.2, 0.25) is 0 Å². The summed E-state index contributed by atoms with van der Waals surface area (Å²) in [5.74, 6) is 0. The summed E-state index contributed by atoms with van der Waals surface area (Å²) in [5, 5.41) is 3.74. The molecule has 1 aromatic rings. The first-order valence-electron chi connectivity index (χ1n) is 3.72. The molecule has 0 aliphatic carbocycles. The average molecular weight is 223 g/mol. The molecule has 0 saturated carbocycles. The van der Waals surface area contributed by atoms with Crippen molar-refractivity contribution in [1.29, 1.82) is 0 Å². The van der Waals surface area contributed by atoms with E-state index in [0.717, 1.165) is 0 Å². The molecular weight excluding hydrogens is 212 g/mol. The Morgan fingerprint density at radius 3 is 2.23 bits per heavy atom. The molecule has 0 N–H and O–H groups in total. The van der Waals surface area contributed by atoms with E-state index in [9.17, 15) is 8.42 Å². The molecule has 0 unspecified atom stereocenters. The Bertz CT molecular complexity index is 402. The number of nitrogens with zero attached hydrogens (tertiary/aromatic N) is 2. The number of hydrogen-bond acceptors (Lipinski definition) is 3. The summed E-state index contributed by atoms with van der Waals surface area (Å²) in [5.41, 5.74) is -0.236. The van der Waals surface area contributed by atoms with Crippen molar-refractivity contribution in [1.82, 2.24) is 9.78 Å². The Morgan fingerprint density at radius 1 is 1.46 bits per heavy atom. The molecule has 0 atom stereocenters. The molecule has 6 heteroatoms. The minimum Gasteiger partial charge on any atom is -0.266 e. The van der Waals surface area contributed by atoms with E-state index in [1.165, 1.54) is 6.07 Å². The van der Waals surface area contributed by atoms with Gasteiger partial charge in [0.25, 0.3) is 9.05 Å². The van der Waals surface area contributed by atoms with Crippen molar-refractivity contribution in [3.05, 3.63) is 12.3 Å². The van der Waals surface area contributed by atoms with Gasteiger partial charge in [-0.25, -0.2) is 8.42 Å².